The zero-order valence-electron chi connectivity index (χ0n) is 20.4. The van der Waals surface area contributed by atoms with Crippen LogP contribution in [0.5, 0.6) is 17.2 Å². The molecule has 37 heavy (non-hydrogen) atoms. The van der Waals surface area contributed by atoms with Gasteiger partial charge in [0.2, 0.25) is 0 Å². The molecule has 1 N–H and O–H groups in total. The Morgan fingerprint density at radius 1 is 0.865 bits per heavy atom. The molecule has 4 rings (SSSR count). The van der Waals surface area contributed by atoms with Crippen molar-refractivity contribution in [2.75, 3.05) is 27.3 Å². The minimum Gasteiger partial charge on any atom is -0.506 e. The summed E-state index contributed by atoms with van der Waals surface area (Å²) in [6.45, 7) is 1.04. The molecule has 1 fully saturated rings. The van der Waals surface area contributed by atoms with Crippen molar-refractivity contribution in [3.63, 3.8) is 0 Å². The third-order valence-electron chi connectivity index (χ3n) is 6.57. The van der Waals surface area contributed by atoms with Crippen molar-refractivity contribution in [3.05, 3.63) is 87.4 Å². The standard InChI is InChI=1S/C28H26Cl2N4O3/c1-36-25-10-5-3-8-19(25)23(16-31)33-12-7-13-34(24(17-32)20-9-4-6-11-26(20)37-2)28(33)21-14-18(29)15-22(30)27(21)35/h3-6,8-11,14-15,23-24,28,35H,7,12-13H2,1-2H3/t23-,24-/m0/s1. The zero-order valence-corrected chi connectivity index (χ0v) is 21.9. The van der Waals surface area contributed by atoms with E-state index in [-0.39, 0.29) is 10.8 Å². The number of methoxy groups -OCH3 is 2. The molecule has 0 radical (unpaired) electrons. The van der Waals surface area contributed by atoms with Crippen LogP contribution in [0, 0.1) is 22.7 Å². The predicted octanol–water partition coefficient (Wildman–Crippen LogP) is 6.25. The lowest BCUT2D eigenvalue weighted by Gasteiger charge is -2.47. The average molecular weight is 537 g/mol. The Morgan fingerprint density at radius 3 is 1.81 bits per heavy atom. The third-order valence-corrected chi connectivity index (χ3v) is 7.08. The highest BCUT2D eigenvalue weighted by molar-refractivity contribution is 6.35. The van der Waals surface area contributed by atoms with Gasteiger partial charge in [-0.15, -0.1) is 0 Å². The minimum atomic E-state index is -0.752. The van der Waals surface area contributed by atoms with E-state index in [0.29, 0.717) is 52.7 Å². The SMILES string of the molecule is COc1ccccc1[C@H](C#N)N1CCCN([C@@H](C#N)c2ccccc2OC)C1c1cc(Cl)cc(Cl)c1O. The number of phenolic OH excluding ortho intramolecular Hbond substituents is 1. The van der Waals surface area contributed by atoms with Crippen molar-refractivity contribution in [1.82, 2.24) is 9.80 Å². The molecule has 1 saturated heterocycles. The second-order valence-electron chi connectivity index (χ2n) is 8.58. The molecular weight excluding hydrogens is 511 g/mol. The van der Waals surface area contributed by atoms with E-state index in [1.54, 1.807) is 32.4 Å². The van der Waals surface area contributed by atoms with E-state index in [9.17, 15) is 15.6 Å². The molecule has 1 aliphatic rings. The van der Waals surface area contributed by atoms with Gasteiger partial charge in [-0.1, -0.05) is 59.6 Å². The number of hydrogen-bond acceptors (Lipinski definition) is 7. The summed E-state index contributed by atoms with van der Waals surface area (Å²) in [5.74, 6) is 0.987. The van der Waals surface area contributed by atoms with E-state index < -0.39 is 18.2 Å². The van der Waals surface area contributed by atoms with Crippen LogP contribution < -0.4 is 9.47 Å². The number of aromatic hydroxyl groups is 1. The number of rotatable bonds is 7. The maximum Gasteiger partial charge on any atom is 0.140 e. The lowest BCUT2D eigenvalue weighted by atomic mass is 9.96. The van der Waals surface area contributed by atoms with Crippen molar-refractivity contribution >= 4 is 23.2 Å². The van der Waals surface area contributed by atoms with E-state index >= 15 is 0 Å². The Kier molecular flexibility index (Phi) is 8.43. The highest BCUT2D eigenvalue weighted by Crippen LogP contribution is 2.47. The molecule has 1 heterocycles. The summed E-state index contributed by atoms with van der Waals surface area (Å²) in [7, 11) is 3.12. The molecule has 0 spiro atoms. The van der Waals surface area contributed by atoms with Gasteiger partial charge in [0, 0.05) is 34.8 Å². The smallest absolute Gasteiger partial charge is 0.140 e. The minimum absolute atomic E-state index is 0.0876. The number of halogens is 2. The number of benzene rings is 3. The summed E-state index contributed by atoms with van der Waals surface area (Å²) in [6.07, 6.45) is -0.0410. The topological polar surface area (TPSA) is 92.8 Å². The van der Waals surface area contributed by atoms with Crippen molar-refractivity contribution < 1.29 is 14.6 Å². The van der Waals surface area contributed by atoms with Crippen molar-refractivity contribution in [2.24, 2.45) is 0 Å². The number of nitriles is 2. The Labute approximate surface area is 226 Å². The maximum atomic E-state index is 11.1. The molecule has 3 aromatic carbocycles. The van der Waals surface area contributed by atoms with Gasteiger partial charge >= 0.3 is 0 Å². The molecule has 7 nitrogen and oxygen atoms in total. The van der Waals surface area contributed by atoms with E-state index in [1.807, 2.05) is 46.2 Å². The van der Waals surface area contributed by atoms with E-state index in [2.05, 4.69) is 12.1 Å². The van der Waals surface area contributed by atoms with Gasteiger partial charge in [0.1, 0.15) is 29.3 Å². The molecule has 9 heteroatoms. The second kappa shape index (κ2) is 11.7. The summed E-state index contributed by atoms with van der Waals surface area (Å²) in [5, 5.41) is 32.3. The molecule has 0 amide bonds. The lowest BCUT2D eigenvalue weighted by molar-refractivity contribution is -0.0304. The van der Waals surface area contributed by atoms with Gasteiger partial charge in [-0.3, -0.25) is 9.80 Å². The van der Waals surface area contributed by atoms with Crippen molar-refractivity contribution in [2.45, 2.75) is 24.7 Å². The van der Waals surface area contributed by atoms with Crippen LogP contribution in [0.4, 0.5) is 0 Å². The summed E-state index contributed by atoms with van der Waals surface area (Å²) in [4.78, 5) is 3.89. The number of para-hydroxylation sites is 2. The van der Waals surface area contributed by atoms with Crippen molar-refractivity contribution in [1.29, 1.82) is 10.5 Å². The number of nitrogens with zero attached hydrogens (tertiary/aromatic N) is 4. The largest absolute Gasteiger partial charge is 0.506 e. The van der Waals surface area contributed by atoms with Crippen LogP contribution in [-0.2, 0) is 0 Å². The Morgan fingerprint density at radius 2 is 1.35 bits per heavy atom. The first-order chi connectivity index (χ1) is 17.9. The second-order valence-corrected chi connectivity index (χ2v) is 9.42. The van der Waals surface area contributed by atoms with Gasteiger partial charge in [-0.25, -0.2) is 0 Å². The van der Waals surface area contributed by atoms with E-state index in [4.69, 9.17) is 32.7 Å². The monoisotopic (exact) mass is 536 g/mol. The van der Waals surface area contributed by atoms with Crippen LogP contribution in [0.15, 0.2) is 60.7 Å². The van der Waals surface area contributed by atoms with Gasteiger partial charge in [0.05, 0.1) is 37.5 Å². The molecule has 0 saturated carbocycles. The zero-order chi connectivity index (χ0) is 26.5. The molecule has 0 unspecified atom stereocenters. The first-order valence-electron chi connectivity index (χ1n) is 11.7. The summed E-state index contributed by atoms with van der Waals surface area (Å²) < 4.78 is 11.1. The van der Waals surface area contributed by atoms with Crippen LogP contribution in [0.1, 0.15) is 41.4 Å². The summed E-state index contributed by atoms with van der Waals surface area (Å²) in [5.41, 5.74) is 1.76. The van der Waals surface area contributed by atoms with Crippen LogP contribution in [0.3, 0.4) is 0 Å². The van der Waals surface area contributed by atoms with Crippen LogP contribution in [0.2, 0.25) is 10.0 Å². The molecule has 0 aliphatic carbocycles. The van der Waals surface area contributed by atoms with Gasteiger partial charge in [-0.05, 0) is 30.7 Å². The average Bonchev–Trinajstić information content (AvgIpc) is 2.92. The fourth-order valence-electron chi connectivity index (χ4n) is 4.98. The van der Waals surface area contributed by atoms with Gasteiger partial charge in [0.15, 0.2) is 0 Å². The molecule has 2 atom stereocenters. The van der Waals surface area contributed by atoms with Gasteiger partial charge < -0.3 is 14.6 Å². The highest BCUT2D eigenvalue weighted by atomic mass is 35.5. The predicted molar refractivity (Wildman–Crippen MR) is 142 cm³/mol. The molecule has 190 valence electrons. The number of phenols is 1. The van der Waals surface area contributed by atoms with Crippen LogP contribution in [0.25, 0.3) is 0 Å². The molecule has 0 bridgehead atoms. The quantitative estimate of drug-likeness (QED) is 0.381. The number of hydrogen-bond donors (Lipinski definition) is 1. The van der Waals surface area contributed by atoms with E-state index in [1.165, 1.54) is 6.07 Å². The Hall–Kier alpha value is -3.46. The van der Waals surface area contributed by atoms with Crippen molar-refractivity contribution in [3.8, 4) is 29.4 Å². The molecule has 0 aromatic heterocycles. The fraction of sp³-hybridized carbons (Fsp3) is 0.286. The first kappa shape index (κ1) is 26.6. The maximum absolute atomic E-state index is 11.1. The van der Waals surface area contributed by atoms with Gasteiger partial charge in [0.25, 0.3) is 0 Å². The highest BCUT2D eigenvalue weighted by Gasteiger charge is 2.42. The summed E-state index contributed by atoms with van der Waals surface area (Å²) >= 11 is 12.7. The van der Waals surface area contributed by atoms with Crippen LogP contribution >= 0.6 is 23.2 Å². The lowest BCUT2D eigenvalue weighted by Crippen LogP contribution is -2.50. The van der Waals surface area contributed by atoms with Crippen LogP contribution in [-0.4, -0.2) is 42.2 Å². The fourth-order valence-corrected chi connectivity index (χ4v) is 5.49. The normalized spacial score (nSPS) is 16.4. The Bertz CT molecular complexity index is 1280. The first-order valence-corrected chi connectivity index (χ1v) is 12.4. The number of ether oxygens (including phenoxy) is 2. The summed E-state index contributed by atoms with van der Waals surface area (Å²) in [6, 6.07) is 21.1. The molecule has 3 aromatic rings. The third kappa shape index (κ3) is 5.18. The van der Waals surface area contributed by atoms with Gasteiger partial charge in [-0.2, -0.15) is 10.5 Å². The Balaban J connectivity index is 1.93. The molecular formula is C28H26Cl2N4O3. The van der Waals surface area contributed by atoms with E-state index in [0.717, 1.165) is 0 Å². The molecule has 1 aliphatic heterocycles.